The third-order valence-corrected chi connectivity index (χ3v) is 4.46. The van der Waals surface area contributed by atoms with Crippen LogP contribution in [0.15, 0.2) is 12.4 Å². The van der Waals surface area contributed by atoms with Gasteiger partial charge < -0.3 is 5.73 Å². The molecule has 2 rings (SSSR count). The number of nitrogens with two attached hydrogens (primary N) is 1. The molecule has 0 atom stereocenters. The molecule has 2 N–H and O–H groups in total. The summed E-state index contributed by atoms with van der Waals surface area (Å²) in [6, 6.07) is 0. The van der Waals surface area contributed by atoms with Gasteiger partial charge in [-0.05, 0) is 32.9 Å². The number of thiocarbonyl (C=S) groups is 1. The predicted molar refractivity (Wildman–Crippen MR) is 77.3 cm³/mol. The van der Waals surface area contributed by atoms with Crippen molar-refractivity contribution in [2.75, 3.05) is 13.1 Å². The highest BCUT2D eigenvalue weighted by atomic mass is 32.1. The van der Waals surface area contributed by atoms with E-state index < -0.39 is 0 Å². The van der Waals surface area contributed by atoms with Crippen molar-refractivity contribution in [2.45, 2.75) is 39.8 Å². The lowest BCUT2D eigenvalue weighted by molar-refractivity contribution is 0.158. The van der Waals surface area contributed by atoms with Crippen LogP contribution in [0.25, 0.3) is 0 Å². The Morgan fingerprint density at radius 3 is 2.67 bits per heavy atom. The first kappa shape index (κ1) is 13.5. The van der Waals surface area contributed by atoms with Crippen LogP contribution in [0.5, 0.6) is 0 Å². The second-order valence-corrected chi connectivity index (χ2v) is 5.85. The molecule has 0 spiro atoms. The topological polar surface area (TPSA) is 47.1 Å². The van der Waals surface area contributed by atoms with Crippen molar-refractivity contribution in [3.63, 3.8) is 0 Å². The summed E-state index contributed by atoms with van der Waals surface area (Å²) in [4.78, 5) is 3.12. The van der Waals surface area contributed by atoms with Gasteiger partial charge in [0, 0.05) is 30.3 Å². The molecule has 2 heterocycles. The lowest BCUT2D eigenvalue weighted by atomic mass is 9.80. The van der Waals surface area contributed by atoms with Crippen LogP contribution in [0.4, 0.5) is 0 Å². The van der Waals surface area contributed by atoms with Gasteiger partial charge in [-0.3, -0.25) is 9.58 Å². The maximum Gasteiger partial charge on any atom is 0.0788 e. The Morgan fingerprint density at radius 1 is 1.50 bits per heavy atom. The number of piperidine rings is 1. The van der Waals surface area contributed by atoms with E-state index in [2.05, 4.69) is 30.0 Å². The zero-order chi connectivity index (χ0) is 13.2. The van der Waals surface area contributed by atoms with Crippen LogP contribution in [0.1, 0.15) is 32.3 Å². The quantitative estimate of drug-likeness (QED) is 0.844. The Morgan fingerprint density at radius 2 is 2.17 bits per heavy atom. The van der Waals surface area contributed by atoms with Crippen molar-refractivity contribution in [2.24, 2.45) is 11.1 Å². The number of rotatable bonds is 4. The minimum absolute atomic E-state index is 0.0550. The Labute approximate surface area is 114 Å². The summed E-state index contributed by atoms with van der Waals surface area (Å²) < 4.78 is 1.97. The van der Waals surface area contributed by atoms with E-state index >= 15 is 0 Å². The molecule has 0 radical (unpaired) electrons. The molecule has 0 aliphatic carbocycles. The number of nitrogens with zero attached hydrogens (tertiary/aromatic N) is 3. The zero-order valence-electron chi connectivity index (χ0n) is 11.2. The van der Waals surface area contributed by atoms with Crippen molar-refractivity contribution >= 4 is 17.2 Å². The maximum absolute atomic E-state index is 5.82. The highest BCUT2D eigenvalue weighted by molar-refractivity contribution is 7.80. The van der Waals surface area contributed by atoms with Gasteiger partial charge in [0.1, 0.15) is 0 Å². The molecule has 0 aromatic carbocycles. The third kappa shape index (κ3) is 2.90. The van der Waals surface area contributed by atoms with E-state index in [-0.39, 0.29) is 5.41 Å². The summed E-state index contributed by atoms with van der Waals surface area (Å²) in [5, 5.41) is 4.31. The van der Waals surface area contributed by atoms with E-state index in [1.54, 1.807) is 0 Å². The van der Waals surface area contributed by atoms with Crippen LogP contribution in [0, 0.1) is 5.41 Å². The van der Waals surface area contributed by atoms with Crippen LogP contribution in [-0.2, 0) is 13.1 Å². The Hall–Kier alpha value is -0.940. The molecular formula is C13H22N4S. The Bertz CT molecular complexity index is 418. The molecule has 0 bridgehead atoms. The van der Waals surface area contributed by atoms with Gasteiger partial charge in [0.05, 0.1) is 11.2 Å². The second-order valence-electron chi connectivity index (χ2n) is 5.41. The molecule has 1 fully saturated rings. The molecule has 18 heavy (non-hydrogen) atoms. The SMILES string of the molecule is CCn1cc(CN2CCC(C)(C(N)=S)CC2)cn1. The van der Waals surface area contributed by atoms with Gasteiger partial charge in [-0.25, -0.2) is 0 Å². The van der Waals surface area contributed by atoms with Gasteiger partial charge in [-0.1, -0.05) is 19.1 Å². The lowest BCUT2D eigenvalue weighted by Crippen LogP contribution is -2.44. The van der Waals surface area contributed by atoms with Crippen molar-refractivity contribution in [1.29, 1.82) is 0 Å². The van der Waals surface area contributed by atoms with Gasteiger partial charge >= 0.3 is 0 Å². The number of hydrogen-bond acceptors (Lipinski definition) is 3. The minimum Gasteiger partial charge on any atom is -0.393 e. The van der Waals surface area contributed by atoms with Gasteiger partial charge in [0.25, 0.3) is 0 Å². The van der Waals surface area contributed by atoms with Crippen LogP contribution >= 0.6 is 12.2 Å². The fourth-order valence-electron chi connectivity index (χ4n) is 2.37. The summed E-state index contributed by atoms with van der Waals surface area (Å²) >= 11 is 5.16. The molecule has 0 unspecified atom stereocenters. The molecule has 0 amide bonds. The normalized spacial score (nSPS) is 19.9. The largest absolute Gasteiger partial charge is 0.393 e. The zero-order valence-corrected chi connectivity index (χ0v) is 12.0. The average Bonchev–Trinajstić information content (AvgIpc) is 2.80. The van der Waals surface area contributed by atoms with Crippen molar-refractivity contribution in [1.82, 2.24) is 14.7 Å². The van der Waals surface area contributed by atoms with Gasteiger partial charge in [-0.15, -0.1) is 0 Å². The number of aromatic nitrogens is 2. The molecule has 0 saturated carbocycles. The smallest absolute Gasteiger partial charge is 0.0788 e. The van der Waals surface area contributed by atoms with E-state index in [1.807, 2.05) is 10.9 Å². The molecule has 1 aliphatic heterocycles. The standard InChI is InChI=1S/C13H22N4S/c1-3-17-10-11(8-15-17)9-16-6-4-13(2,5-7-16)12(14)18/h8,10H,3-7,9H2,1-2H3,(H2,14,18). The van der Waals surface area contributed by atoms with Crippen molar-refractivity contribution < 1.29 is 0 Å². The summed E-state index contributed by atoms with van der Waals surface area (Å²) in [6.07, 6.45) is 6.21. The highest BCUT2D eigenvalue weighted by Crippen LogP contribution is 2.31. The fourth-order valence-corrected chi connectivity index (χ4v) is 2.57. The van der Waals surface area contributed by atoms with E-state index in [9.17, 15) is 0 Å². The third-order valence-electron chi connectivity index (χ3n) is 3.97. The molecular weight excluding hydrogens is 244 g/mol. The molecule has 100 valence electrons. The molecule has 1 aromatic rings. The van der Waals surface area contributed by atoms with E-state index in [1.165, 1.54) is 5.56 Å². The summed E-state index contributed by atoms with van der Waals surface area (Å²) in [5.41, 5.74) is 7.16. The van der Waals surface area contributed by atoms with Gasteiger partial charge in [0.2, 0.25) is 0 Å². The molecule has 5 heteroatoms. The first-order chi connectivity index (χ1) is 8.53. The van der Waals surface area contributed by atoms with E-state index in [0.717, 1.165) is 39.0 Å². The van der Waals surface area contributed by atoms with Gasteiger partial charge in [0.15, 0.2) is 0 Å². The Kier molecular flexibility index (Phi) is 4.02. The maximum atomic E-state index is 5.82. The molecule has 1 saturated heterocycles. The molecule has 1 aliphatic rings. The Balaban J connectivity index is 1.89. The van der Waals surface area contributed by atoms with Crippen molar-refractivity contribution in [3.8, 4) is 0 Å². The summed E-state index contributed by atoms with van der Waals surface area (Å²) in [6.45, 7) is 8.32. The van der Waals surface area contributed by atoms with Crippen LogP contribution in [0.3, 0.4) is 0 Å². The number of likely N-dealkylation sites (tertiary alicyclic amines) is 1. The first-order valence-electron chi connectivity index (χ1n) is 6.57. The lowest BCUT2D eigenvalue weighted by Gasteiger charge is -2.38. The molecule has 1 aromatic heterocycles. The summed E-state index contributed by atoms with van der Waals surface area (Å²) in [5.74, 6) is 0. The monoisotopic (exact) mass is 266 g/mol. The number of hydrogen-bond donors (Lipinski definition) is 1. The fraction of sp³-hybridized carbons (Fsp3) is 0.692. The van der Waals surface area contributed by atoms with Crippen LogP contribution < -0.4 is 5.73 Å². The first-order valence-corrected chi connectivity index (χ1v) is 6.98. The highest BCUT2D eigenvalue weighted by Gasteiger charge is 2.32. The van der Waals surface area contributed by atoms with Crippen LogP contribution in [0.2, 0.25) is 0 Å². The second kappa shape index (κ2) is 5.36. The van der Waals surface area contributed by atoms with Crippen LogP contribution in [-0.4, -0.2) is 32.8 Å². The summed E-state index contributed by atoms with van der Waals surface area (Å²) in [7, 11) is 0. The predicted octanol–water partition coefficient (Wildman–Crippen LogP) is 1.79. The minimum atomic E-state index is 0.0550. The van der Waals surface area contributed by atoms with E-state index in [0.29, 0.717) is 4.99 Å². The van der Waals surface area contributed by atoms with Crippen molar-refractivity contribution in [3.05, 3.63) is 18.0 Å². The average molecular weight is 266 g/mol. The molecule has 4 nitrogen and oxygen atoms in total. The van der Waals surface area contributed by atoms with Gasteiger partial charge in [-0.2, -0.15) is 5.10 Å². The van der Waals surface area contributed by atoms with E-state index in [4.69, 9.17) is 18.0 Å². The number of aryl methyl sites for hydroxylation is 1.